The van der Waals surface area contributed by atoms with Gasteiger partial charge in [-0.25, -0.2) is 0 Å². The monoisotopic (exact) mass is 251 g/mol. The second-order valence-corrected chi connectivity index (χ2v) is 4.69. The van der Waals surface area contributed by atoms with E-state index in [9.17, 15) is 4.79 Å². The Hall–Kier alpha value is -1.31. The van der Waals surface area contributed by atoms with Crippen LogP contribution < -0.4 is 5.73 Å². The summed E-state index contributed by atoms with van der Waals surface area (Å²) in [6.07, 6.45) is 2.66. The zero-order chi connectivity index (χ0) is 14.6. The third-order valence-corrected chi connectivity index (χ3v) is 2.57. The third kappa shape index (κ3) is 17.1. The minimum atomic E-state index is -0.333. The van der Waals surface area contributed by atoms with Gasteiger partial charge in [-0.1, -0.05) is 69.0 Å². The van der Waals surface area contributed by atoms with E-state index in [1.54, 1.807) is 0 Å². The summed E-state index contributed by atoms with van der Waals surface area (Å²) in [5, 5.41) is 0. The quantitative estimate of drug-likeness (QED) is 0.839. The van der Waals surface area contributed by atoms with E-state index in [4.69, 9.17) is 0 Å². The van der Waals surface area contributed by atoms with Crippen LogP contribution in [0.25, 0.3) is 0 Å². The molecule has 0 saturated carbocycles. The summed E-state index contributed by atoms with van der Waals surface area (Å²) in [7, 11) is 0. The molecule has 18 heavy (non-hydrogen) atoms. The van der Waals surface area contributed by atoms with E-state index in [0.717, 1.165) is 5.92 Å². The fourth-order valence-electron chi connectivity index (χ4n) is 1.10. The minimum absolute atomic E-state index is 0.333. The third-order valence-electron chi connectivity index (χ3n) is 2.57. The molecule has 0 bridgehead atoms. The molecule has 0 saturated heterocycles. The Bertz CT molecular complexity index is 295. The topological polar surface area (TPSA) is 43.1 Å². The number of benzene rings is 1. The number of aryl methyl sites for hydroxylation is 2. The summed E-state index contributed by atoms with van der Waals surface area (Å²) < 4.78 is 0. The first-order valence-corrected chi connectivity index (χ1v) is 6.62. The SMILES string of the molecule is CC(N)=O.CCC(C)CC.Cc1cccc(C)c1. The molecule has 0 aromatic heterocycles. The van der Waals surface area contributed by atoms with Gasteiger partial charge in [-0.05, 0) is 19.8 Å². The Balaban J connectivity index is 0. The summed E-state index contributed by atoms with van der Waals surface area (Å²) in [6, 6.07) is 8.45. The van der Waals surface area contributed by atoms with Crippen LogP contribution in [0.4, 0.5) is 0 Å². The highest BCUT2D eigenvalue weighted by molar-refractivity contribution is 5.70. The van der Waals surface area contributed by atoms with Gasteiger partial charge in [0.25, 0.3) is 0 Å². The molecule has 0 atom stereocenters. The molecule has 1 aromatic carbocycles. The first-order chi connectivity index (χ1) is 8.33. The van der Waals surface area contributed by atoms with Crippen LogP contribution in [0.15, 0.2) is 24.3 Å². The predicted molar refractivity (Wildman–Crippen MR) is 80.5 cm³/mol. The molecule has 0 aliphatic heterocycles. The van der Waals surface area contributed by atoms with Gasteiger partial charge in [-0.2, -0.15) is 0 Å². The first kappa shape index (κ1) is 19.0. The summed E-state index contributed by atoms with van der Waals surface area (Å²) in [5.41, 5.74) is 7.15. The van der Waals surface area contributed by atoms with Crippen LogP contribution in [0.1, 0.15) is 51.7 Å². The minimum Gasteiger partial charge on any atom is -0.370 e. The van der Waals surface area contributed by atoms with E-state index < -0.39 is 0 Å². The Morgan fingerprint density at radius 2 is 1.50 bits per heavy atom. The van der Waals surface area contributed by atoms with Gasteiger partial charge in [0.15, 0.2) is 0 Å². The highest BCUT2D eigenvalue weighted by atomic mass is 16.1. The predicted octanol–water partition coefficient (Wildman–Crippen LogP) is 4.24. The molecule has 0 unspecified atom stereocenters. The molecule has 104 valence electrons. The fraction of sp³-hybridized carbons (Fsp3) is 0.562. The number of hydrogen-bond acceptors (Lipinski definition) is 1. The highest BCUT2D eigenvalue weighted by Gasteiger charge is 1.88. The maximum atomic E-state index is 9.22. The van der Waals surface area contributed by atoms with Gasteiger partial charge >= 0.3 is 0 Å². The van der Waals surface area contributed by atoms with Crippen LogP contribution in [0, 0.1) is 19.8 Å². The van der Waals surface area contributed by atoms with Crippen LogP contribution in [0.3, 0.4) is 0 Å². The number of rotatable bonds is 2. The Morgan fingerprint density at radius 1 is 1.17 bits per heavy atom. The Kier molecular flexibility index (Phi) is 12.9. The Labute approximate surface area is 113 Å². The first-order valence-electron chi connectivity index (χ1n) is 6.62. The van der Waals surface area contributed by atoms with Crippen molar-refractivity contribution in [2.75, 3.05) is 0 Å². The van der Waals surface area contributed by atoms with E-state index in [1.807, 2.05) is 0 Å². The summed E-state index contributed by atoms with van der Waals surface area (Å²) in [6.45, 7) is 12.3. The van der Waals surface area contributed by atoms with Crippen molar-refractivity contribution in [3.05, 3.63) is 35.4 Å². The Morgan fingerprint density at radius 3 is 1.61 bits per heavy atom. The lowest BCUT2D eigenvalue weighted by Crippen LogP contribution is -2.01. The standard InChI is InChI=1S/C8H10.C6H14.C2H5NO/c1-7-4-3-5-8(2)6-7;1-4-6(3)5-2;1-2(3)4/h3-6H,1-2H3;6H,4-5H2,1-3H3;1H3,(H2,3,4). The van der Waals surface area contributed by atoms with Crippen molar-refractivity contribution in [3.63, 3.8) is 0 Å². The van der Waals surface area contributed by atoms with Crippen molar-refractivity contribution in [3.8, 4) is 0 Å². The van der Waals surface area contributed by atoms with Gasteiger partial charge in [-0.15, -0.1) is 0 Å². The van der Waals surface area contributed by atoms with Gasteiger partial charge in [-0.3, -0.25) is 4.79 Å². The van der Waals surface area contributed by atoms with Crippen molar-refractivity contribution in [1.29, 1.82) is 0 Å². The van der Waals surface area contributed by atoms with E-state index in [-0.39, 0.29) is 5.91 Å². The van der Waals surface area contributed by atoms with Crippen molar-refractivity contribution in [2.24, 2.45) is 11.7 Å². The number of amides is 1. The summed E-state index contributed by atoms with van der Waals surface area (Å²) >= 11 is 0. The van der Waals surface area contributed by atoms with Crippen molar-refractivity contribution >= 4 is 5.91 Å². The summed E-state index contributed by atoms with van der Waals surface area (Å²) in [4.78, 5) is 9.22. The number of carbonyl (C=O) groups excluding carboxylic acids is 1. The smallest absolute Gasteiger partial charge is 0.214 e. The molecule has 2 N–H and O–H groups in total. The number of carbonyl (C=O) groups is 1. The van der Waals surface area contributed by atoms with Crippen LogP contribution in [0.2, 0.25) is 0 Å². The van der Waals surface area contributed by atoms with E-state index in [0.29, 0.717) is 0 Å². The average Bonchev–Trinajstić information content (AvgIpc) is 2.27. The number of hydrogen-bond donors (Lipinski definition) is 1. The van der Waals surface area contributed by atoms with Gasteiger partial charge in [0, 0.05) is 6.92 Å². The molecule has 1 rings (SSSR count). The van der Waals surface area contributed by atoms with Gasteiger partial charge in [0.1, 0.15) is 0 Å². The second kappa shape index (κ2) is 12.2. The van der Waals surface area contributed by atoms with Crippen LogP contribution in [0.5, 0.6) is 0 Å². The molecule has 0 heterocycles. The normalized spacial score (nSPS) is 8.83. The lowest BCUT2D eigenvalue weighted by atomic mass is 10.1. The zero-order valence-electron chi connectivity index (χ0n) is 12.8. The molecular weight excluding hydrogens is 222 g/mol. The molecule has 0 spiro atoms. The van der Waals surface area contributed by atoms with E-state index >= 15 is 0 Å². The molecular formula is C16H29NO. The molecule has 2 heteroatoms. The van der Waals surface area contributed by atoms with Crippen LogP contribution in [-0.2, 0) is 4.79 Å². The molecule has 0 aliphatic rings. The van der Waals surface area contributed by atoms with E-state index in [1.165, 1.54) is 30.9 Å². The zero-order valence-corrected chi connectivity index (χ0v) is 12.8. The molecule has 2 nitrogen and oxygen atoms in total. The molecule has 0 aliphatic carbocycles. The van der Waals surface area contributed by atoms with Crippen molar-refractivity contribution in [1.82, 2.24) is 0 Å². The van der Waals surface area contributed by atoms with Gasteiger partial charge < -0.3 is 5.73 Å². The largest absolute Gasteiger partial charge is 0.370 e. The fourth-order valence-corrected chi connectivity index (χ4v) is 1.10. The average molecular weight is 251 g/mol. The second-order valence-electron chi connectivity index (χ2n) is 4.69. The highest BCUT2D eigenvalue weighted by Crippen LogP contribution is 2.02. The summed E-state index contributed by atoms with van der Waals surface area (Å²) in [5.74, 6) is 0.602. The van der Waals surface area contributed by atoms with Gasteiger partial charge in [0.2, 0.25) is 5.91 Å². The van der Waals surface area contributed by atoms with Crippen LogP contribution in [-0.4, -0.2) is 5.91 Å². The molecule has 0 fully saturated rings. The van der Waals surface area contributed by atoms with Gasteiger partial charge in [0.05, 0.1) is 0 Å². The van der Waals surface area contributed by atoms with E-state index in [2.05, 4.69) is 64.6 Å². The lowest BCUT2D eigenvalue weighted by Gasteiger charge is -1.98. The molecule has 1 aromatic rings. The van der Waals surface area contributed by atoms with Crippen molar-refractivity contribution in [2.45, 2.75) is 54.4 Å². The number of primary amides is 1. The molecule has 0 radical (unpaired) electrons. The maximum Gasteiger partial charge on any atom is 0.214 e. The lowest BCUT2D eigenvalue weighted by molar-refractivity contribution is -0.115. The van der Waals surface area contributed by atoms with Crippen molar-refractivity contribution < 1.29 is 4.79 Å². The van der Waals surface area contributed by atoms with Crippen LogP contribution >= 0.6 is 0 Å². The molecule has 1 amide bonds. The maximum absolute atomic E-state index is 9.22. The number of nitrogens with two attached hydrogens (primary N) is 1.